The average molecular weight is 406 g/mol. The number of hydrogen-bond donors (Lipinski definition) is 0. The van der Waals surface area contributed by atoms with Gasteiger partial charge in [-0.1, -0.05) is 0 Å². The molecule has 0 spiro atoms. The number of hydrogen-bond acceptors (Lipinski definition) is 4. The van der Waals surface area contributed by atoms with E-state index in [1.807, 2.05) is 24.3 Å². The predicted octanol–water partition coefficient (Wildman–Crippen LogP) is 4.40. The Kier molecular flexibility index (Phi) is 6.64. The van der Waals surface area contributed by atoms with E-state index in [4.69, 9.17) is 6.13 Å². The molecule has 0 aromatic heterocycles. The van der Waals surface area contributed by atoms with E-state index in [-0.39, 0.29) is 30.2 Å². The fourth-order valence-corrected chi connectivity index (χ4v) is 4.48. The molecule has 0 aliphatic carbocycles. The first-order valence-electron chi connectivity index (χ1n) is 7.01. The van der Waals surface area contributed by atoms with Crippen molar-refractivity contribution in [3.8, 4) is 0 Å². The molecule has 0 N–H and O–H groups in total. The summed E-state index contributed by atoms with van der Waals surface area (Å²) in [5, 5.41) is 0. The molecule has 0 saturated carbocycles. The number of carbonyl (C=O) groups excluding carboxylic acids is 2. The van der Waals surface area contributed by atoms with E-state index < -0.39 is 20.6 Å². The monoisotopic (exact) mass is 406 g/mol. The van der Waals surface area contributed by atoms with Crippen molar-refractivity contribution in [2.45, 2.75) is 52.9 Å². The molecular weight excluding hydrogens is 383 g/mol. The summed E-state index contributed by atoms with van der Waals surface area (Å²) in [5.41, 5.74) is 1.24. The van der Waals surface area contributed by atoms with E-state index >= 15 is 0 Å². The Labute approximate surface area is 134 Å². The first-order chi connectivity index (χ1) is 9.77. The standard InChI is InChI=1S/C16H23IO4/c1-6-14(18)20-17(21-15(19)7-2)13-10-8-12(9-11-13)16(3,4)5/h8-11H,6-7H2,1-5H3. The molecule has 1 rings (SSSR count). The van der Waals surface area contributed by atoms with Crippen LogP contribution in [0, 0.1) is 3.57 Å². The zero-order valence-electron chi connectivity index (χ0n) is 13.2. The summed E-state index contributed by atoms with van der Waals surface area (Å²) < 4.78 is 11.5. The van der Waals surface area contributed by atoms with Crippen molar-refractivity contribution >= 4 is 32.6 Å². The molecule has 0 bridgehead atoms. The summed E-state index contributed by atoms with van der Waals surface area (Å²) in [6, 6.07) is 7.80. The van der Waals surface area contributed by atoms with Crippen LogP contribution in [0.25, 0.3) is 0 Å². The van der Waals surface area contributed by atoms with Gasteiger partial charge in [0.1, 0.15) is 0 Å². The third-order valence-electron chi connectivity index (χ3n) is 2.78. The van der Waals surface area contributed by atoms with Crippen LogP contribution in [0.5, 0.6) is 0 Å². The number of benzene rings is 1. The van der Waals surface area contributed by atoms with Crippen LogP contribution < -0.4 is 0 Å². The minimum atomic E-state index is -2.71. The maximum atomic E-state index is 11.5. The van der Waals surface area contributed by atoms with E-state index in [2.05, 4.69) is 20.8 Å². The van der Waals surface area contributed by atoms with Gasteiger partial charge in [-0.25, -0.2) is 0 Å². The molecule has 0 atom stereocenters. The van der Waals surface area contributed by atoms with Crippen molar-refractivity contribution < 1.29 is 15.7 Å². The summed E-state index contributed by atoms with van der Waals surface area (Å²) in [5.74, 6) is -0.659. The van der Waals surface area contributed by atoms with Gasteiger partial charge in [0.2, 0.25) is 0 Å². The quantitative estimate of drug-likeness (QED) is 0.681. The molecular formula is C16H23IO4. The van der Waals surface area contributed by atoms with Gasteiger partial charge in [0.05, 0.1) is 0 Å². The zero-order chi connectivity index (χ0) is 16.0. The van der Waals surface area contributed by atoms with Gasteiger partial charge in [0.25, 0.3) is 0 Å². The predicted molar refractivity (Wildman–Crippen MR) is 90.6 cm³/mol. The third kappa shape index (κ3) is 5.65. The Balaban J connectivity index is 2.96. The van der Waals surface area contributed by atoms with Gasteiger partial charge < -0.3 is 0 Å². The Morgan fingerprint density at radius 2 is 1.38 bits per heavy atom. The number of carbonyl (C=O) groups is 2. The van der Waals surface area contributed by atoms with Crippen molar-refractivity contribution in [1.29, 1.82) is 0 Å². The second-order valence-corrected chi connectivity index (χ2v) is 8.95. The van der Waals surface area contributed by atoms with Gasteiger partial charge in [0.15, 0.2) is 0 Å². The second-order valence-electron chi connectivity index (χ2n) is 5.58. The molecule has 4 nitrogen and oxygen atoms in total. The third-order valence-corrected chi connectivity index (χ3v) is 6.30. The fraction of sp³-hybridized carbons (Fsp3) is 0.500. The van der Waals surface area contributed by atoms with Crippen molar-refractivity contribution in [3.63, 3.8) is 0 Å². The van der Waals surface area contributed by atoms with Crippen LogP contribution in [0.15, 0.2) is 24.3 Å². The Bertz CT molecular complexity index is 470. The van der Waals surface area contributed by atoms with Gasteiger partial charge >= 0.3 is 135 Å². The van der Waals surface area contributed by atoms with Gasteiger partial charge in [-0.05, 0) is 0 Å². The zero-order valence-corrected chi connectivity index (χ0v) is 15.4. The van der Waals surface area contributed by atoms with Crippen molar-refractivity contribution in [2.75, 3.05) is 0 Å². The minimum absolute atomic E-state index is 0.0533. The maximum absolute atomic E-state index is 11.5. The molecule has 0 fully saturated rings. The van der Waals surface area contributed by atoms with E-state index in [1.165, 1.54) is 5.56 Å². The molecule has 5 heteroatoms. The molecule has 1 aromatic carbocycles. The van der Waals surface area contributed by atoms with E-state index in [1.54, 1.807) is 13.8 Å². The van der Waals surface area contributed by atoms with Crippen LogP contribution in [-0.4, -0.2) is 11.9 Å². The number of rotatable bonds is 5. The summed E-state index contributed by atoms with van der Waals surface area (Å²) in [6.07, 6.45) is 0.551. The van der Waals surface area contributed by atoms with E-state index in [9.17, 15) is 9.59 Å². The van der Waals surface area contributed by atoms with Crippen LogP contribution in [0.3, 0.4) is 0 Å². The molecule has 0 radical (unpaired) electrons. The molecule has 0 aliphatic rings. The molecule has 21 heavy (non-hydrogen) atoms. The molecule has 0 heterocycles. The van der Waals surface area contributed by atoms with Crippen molar-refractivity contribution in [1.82, 2.24) is 0 Å². The Morgan fingerprint density at radius 3 is 1.71 bits per heavy atom. The second kappa shape index (κ2) is 7.77. The topological polar surface area (TPSA) is 52.6 Å². The van der Waals surface area contributed by atoms with Crippen LogP contribution >= 0.6 is 20.6 Å². The van der Waals surface area contributed by atoms with E-state index in [0.717, 1.165) is 3.57 Å². The summed E-state index contributed by atoms with van der Waals surface area (Å²) in [4.78, 5) is 23.0. The molecule has 0 saturated heterocycles. The fourth-order valence-electron chi connectivity index (χ4n) is 1.42. The summed E-state index contributed by atoms with van der Waals surface area (Å²) in [6.45, 7) is 9.84. The number of halogens is 1. The van der Waals surface area contributed by atoms with Gasteiger partial charge in [-0.2, -0.15) is 0 Å². The summed E-state index contributed by atoms with van der Waals surface area (Å²) in [7, 11) is 0. The first-order valence-corrected chi connectivity index (χ1v) is 9.85. The summed E-state index contributed by atoms with van der Waals surface area (Å²) >= 11 is -2.71. The van der Waals surface area contributed by atoms with Crippen LogP contribution in [-0.2, 0) is 21.1 Å². The SMILES string of the molecule is CCC(=O)OI(OC(=O)CC)c1ccc(C(C)(C)C)cc1. The average Bonchev–Trinajstić information content (AvgIpc) is 2.45. The van der Waals surface area contributed by atoms with Crippen molar-refractivity contribution in [2.24, 2.45) is 0 Å². The normalized spacial score (nSPS) is 11.8. The van der Waals surface area contributed by atoms with Crippen molar-refractivity contribution in [3.05, 3.63) is 33.4 Å². The van der Waals surface area contributed by atoms with E-state index in [0.29, 0.717) is 0 Å². The van der Waals surface area contributed by atoms with Gasteiger partial charge in [0, 0.05) is 0 Å². The first kappa shape index (κ1) is 17.9. The van der Waals surface area contributed by atoms with Gasteiger partial charge in [-0.15, -0.1) is 0 Å². The molecule has 1 aromatic rings. The van der Waals surface area contributed by atoms with Crippen LogP contribution in [0.1, 0.15) is 53.0 Å². The molecule has 118 valence electrons. The molecule has 0 amide bonds. The van der Waals surface area contributed by atoms with Crippen LogP contribution in [0.4, 0.5) is 0 Å². The molecule has 0 unspecified atom stereocenters. The Hall–Kier alpha value is -1.11. The molecule has 0 aliphatic heterocycles. The van der Waals surface area contributed by atoms with Gasteiger partial charge in [-0.3, -0.25) is 0 Å². The Morgan fingerprint density at radius 1 is 0.952 bits per heavy atom. The van der Waals surface area contributed by atoms with Crippen LogP contribution in [0.2, 0.25) is 0 Å².